The number of Topliss-reactive ketones (excluding diaryl/α,β-unsaturated/α-hetero) is 1. The fourth-order valence-corrected chi connectivity index (χ4v) is 1.93. The molecule has 0 N–H and O–H groups in total. The van der Waals surface area contributed by atoms with Crippen LogP contribution in [0.25, 0.3) is 0 Å². The third-order valence-corrected chi connectivity index (χ3v) is 2.86. The van der Waals surface area contributed by atoms with Crippen molar-refractivity contribution in [2.45, 2.75) is 26.7 Å². The molecule has 0 aromatic rings. The van der Waals surface area contributed by atoms with Gasteiger partial charge in [0.1, 0.15) is 5.78 Å². The van der Waals surface area contributed by atoms with E-state index in [2.05, 4.69) is 6.08 Å². The van der Waals surface area contributed by atoms with Gasteiger partial charge in [0.2, 0.25) is 0 Å². The molecule has 0 fully saturated rings. The average molecular weight is 194 g/mol. The van der Waals surface area contributed by atoms with Crippen molar-refractivity contribution < 1.29 is 9.53 Å². The Morgan fingerprint density at radius 1 is 1.64 bits per heavy atom. The molecule has 0 saturated carbocycles. The number of methoxy groups -OCH3 is 1. The fraction of sp³-hybridized carbons (Fsp3) is 0.583. The summed E-state index contributed by atoms with van der Waals surface area (Å²) in [6, 6.07) is 0. The molecule has 1 aliphatic rings. The Morgan fingerprint density at radius 2 is 2.36 bits per heavy atom. The summed E-state index contributed by atoms with van der Waals surface area (Å²) in [6.45, 7) is 4.37. The highest BCUT2D eigenvalue weighted by Gasteiger charge is 2.36. The maximum absolute atomic E-state index is 11.9. The molecule has 0 radical (unpaired) electrons. The van der Waals surface area contributed by atoms with Crippen LogP contribution in [0.4, 0.5) is 0 Å². The van der Waals surface area contributed by atoms with Crippen molar-refractivity contribution >= 4 is 5.78 Å². The van der Waals surface area contributed by atoms with Crippen LogP contribution in [0.1, 0.15) is 26.7 Å². The first kappa shape index (κ1) is 11.2. The molecule has 1 rings (SSSR count). The van der Waals surface area contributed by atoms with E-state index in [0.717, 1.165) is 12.0 Å². The summed E-state index contributed by atoms with van der Waals surface area (Å²) < 4.78 is 5.17. The second-order valence-corrected chi connectivity index (χ2v) is 3.71. The molecular weight excluding hydrogens is 176 g/mol. The van der Waals surface area contributed by atoms with Crippen molar-refractivity contribution in [3.63, 3.8) is 0 Å². The third-order valence-electron chi connectivity index (χ3n) is 2.86. The van der Waals surface area contributed by atoms with Crippen molar-refractivity contribution in [2.24, 2.45) is 5.41 Å². The molecule has 1 aliphatic carbocycles. The Morgan fingerprint density at radius 3 is 2.86 bits per heavy atom. The van der Waals surface area contributed by atoms with Gasteiger partial charge < -0.3 is 4.74 Å². The highest BCUT2D eigenvalue weighted by molar-refractivity contribution is 5.90. The number of rotatable bonds is 4. The molecule has 1 unspecified atom stereocenters. The topological polar surface area (TPSA) is 26.3 Å². The third kappa shape index (κ3) is 1.80. The molecule has 0 aromatic heterocycles. The Hall–Kier alpha value is -0.890. The first-order valence-electron chi connectivity index (χ1n) is 5.04. The van der Waals surface area contributed by atoms with Gasteiger partial charge in [-0.2, -0.15) is 0 Å². The normalized spacial score (nSPS) is 26.1. The van der Waals surface area contributed by atoms with E-state index in [9.17, 15) is 4.79 Å². The van der Waals surface area contributed by atoms with Crippen LogP contribution in [0.5, 0.6) is 0 Å². The van der Waals surface area contributed by atoms with Gasteiger partial charge in [0.25, 0.3) is 0 Å². The lowest BCUT2D eigenvalue weighted by Gasteiger charge is -2.31. The predicted octanol–water partition coefficient (Wildman–Crippen LogP) is 2.50. The van der Waals surface area contributed by atoms with Crippen molar-refractivity contribution in [3.8, 4) is 0 Å². The molecule has 2 nitrogen and oxygen atoms in total. The van der Waals surface area contributed by atoms with Gasteiger partial charge >= 0.3 is 0 Å². The van der Waals surface area contributed by atoms with Gasteiger partial charge in [0.15, 0.2) is 0 Å². The number of ketones is 1. The number of ether oxygens (including phenoxy) is 1. The van der Waals surface area contributed by atoms with Gasteiger partial charge in [-0.25, -0.2) is 0 Å². The summed E-state index contributed by atoms with van der Waals surface area (Å²) >= 11 is 0. The maximum Gasteiger partial charge on any atom is 0.148 e. The van der Waals surface area contributed by atoms with Crippen molar-refractivity contribution in [3.05, 3.63) is 23.8 Å². The van der Waals surface area contributed by atoms with E-state index < -0.39 is 5.41 Å². The lowest BCUT2D eigenvalue weighted by atomic mass is 9.74. The highest BCUT2D eigenvalue weighted by atomic mass is 16.5. The Bertz CT molecular complexity index is 276. The van der Waals surface area contributed by atoms with Crippen molar-refractivity contribution in [1.82, 2.24) is 0 Å². The lowest BCUT2D eigenvalue weighted by molar-refractivity contribution is -0.126. The Balaban J connectivity index is 3.01. The molecule has 0 heterocycles. The molecular formula is C12H18O2. The Kier molecular flexibility index (Phi) is 3.64. The first-order valence-corrected chi connectivity index (χ1v) is 5.04. The number of allylic oxidation sites excluding steroid dienone is 2. The van der Waals surface area contributed by atoms with Crippen LogP contribution >= 0.6 is 0 Å². The van der Waals surface area contributed by atoms with Crippen LogP contribution < -0.4 is 0 Å². The van der Waals surface area contributed by atoms with Gasteiger partial charge in [0, 0.05) is 13.5 Å². The van der Waals surface area contributed by atoms with Crippen LogP contribution in [0.2, 0.25) is 0 Å². The SMILES string of the molecule is CCC(=O)C1(COC)C=CCC=C1C. The van der Waals surface area contributed by atoms with Crippen LogP contribution in [-0.4, -0.2) is 19.5 Å². The van der Waals surface area contributed by atoms with Crippen LogP contribution in [-0.2, 0) is 9.53 Å². The van der Waals surface area contributed by atoms with Crippen LogP contribution in [0.15, 0.2) is 23.8 Å². The number of carbonyl (C=O) groups is 1. The molecule has 0 amide bonds. The summed E-state index contributed by atoms with van der Waals surface area (Å²) in [5, 5.41) is 0. The van der Waals surface area contributed by atoms with Crippen LogP contribution in [0.3, 0.4) is 0 Å². The first-order chi connectivity index (χ1) is 6.67. The van der Waals surface area contributed by atoms with Gasteiger partial charge in [0.05, 0.1) is 12.0 Å². The van der Waals surface area contributed by atoms with Gasteiger partial charge in [-0.1, -0.05) is 30.7 Å². The zero-order valence-electron chi connectivity index (χ0n) is 9.17. The number of carbonyl (C=O) groups excluding carboxylic acids is 1. The highest BCUT2D eigenvalue weighted by Crippen LogP contribution is 2.35. The zero-order valence-corrected chi connectivity index (χ0v) is 9.17. The van der Waals surface area contributed by atoms with Gasteiger partial charge in [-0.3, -0.25) is 4.79 Å². The minimum atomic E-state index is -0.484. The molecule has 2 heteroatoms. The van der Waals surface area contributed by atoms with Crippen molar-refractivity contribution in [2.75, 3.05) is 13.7 Å². The Labute approximate surface area is 85.6 Å². The van der Waals surface area contributed by atoms with Gasteiger partial charge in [-0.05, 0) is 13.3 Å². The van der Waals surface area contributed by atoms with E-state index in [1.54, 1.807) is 7.11 Å². The quantitative estimate of drug-likeness (QED) is 0.643. The maximum atomic E-state index is 11.9. The second-order valence-electron chi connectivity index (χ2n) is 3.71. The monoisotopic (exact) mass is 194 g/mol. The van der Waals surface area contributed by atoms with E-state index in [-0.39, 0.29) is 5.78 Å². The molecule has 1 atom stereocenters. The molecule has 0 aromatic carbocycles. The molecule has 14 heavy (non-hydrogen) atoms. The second kappa shape index (κ2) is 4.56. The predicted molar refractivity (Wildman–Crippen MR) is 57.1 cm³/mol. The summed E-state index contributed by atoms with van der Waals surface area (Å²) in [7, 11) is 1.64. The lowest BCUT2D eigenvalue weighted by Crippen LogP contribution is -2.35. The molecule has 0 bridgehead atoms. The molecule has 78 valence electrons. The summed E-state index contributed by atoms with van der Waals surface area (Å²) in [5.41, 5.74) is 0.635. The van der Waals surface area contributed by atoms with E-state index in [1.807, 2.05) is 26.0 Å². The number of hydrogen-bond acceptors (Lipinski definition) is 2. The standard InChI is InChI=1S/C12H18O2/c1-4-11(13)12(9-14-3)8-6-5-7-10(12)2/h6-8H,4-5,9H2,1-3H3. The smallest absolute Gasteiger partial charge is 0.148 e. The number of hydrogen-bond donors (Lipinski definition) is 0. The minimum Gasteiger partial charge on any atom is -0.383 e. The van der Waals surface area contributed by atoms with E-state index in [1.165, 1.54) is 0 Å². The summed E-state index contributed by atoms with van der Waals surface area (Å²) in [5.74, 6) is 0.240. The molecule has 0 saturated heterocycles. The molecule has 0 spiro atoms. The van der Waals surface area contributed by atoms with E-state index >= 15 is 0 Å². The van der Waals surface area contributed by atoms with Gasteiger partial charge in [-0.15, -0.1) is 0 Å². The summed E-state index contributed by atoms with van der Waals surface area (Å²) in [6.07, 6.45) is 7.62. The van der Waals surface area contributed by atoms with Crippen molar-refractivity contribution in [1.29, 1.82) is 0 Å². The molecule has 0 aliphatic heterocycles. The van der Waals surface area contributed by atoms with E-state index in [0.29, 0.717) is 13.0 Å². The van der Waals surface area contributed by atoms with E-state index in [4.69, 9.17) is 4.74 Å². The fourth-order valence-electron chi connectivity index (χ4n) is 1.93. The average Bonchev–Trinajstić information content (AvgIpc) is 2.20. The zero-order chi connectivity index (χ0) is 10.6. The van der Waals surface area contributed by atoms with Crippen LogP contribution in [0, 0.1) is 5.41 Å². The minimum absolute atomic E-state index is 0.240. The largest absolute Gasteiger partial charge is 0.383 e. The summed E-state index contributed by atoms with van der Waals surface area (Å²) in [4.78, 5) is 11.9.